The van der Waals surface area contributed by atoms with Crippen molar-refractivity contribution in [1.82, 2.24) is 0 Å². The quantitative estimate of drug-likeness (QED) is 0.820. The van der Waals surface area contributed by atoms with E-state index < -0.39 is 0 Å². The minimum absolute atomic E-state index is 0. The van der Waals surface area contributed by atoms with Gasteiger partial charge in [-0.15, -0.1) is 12.4 Å². The fourth-order valence-electron chi connectivity index (χ4n) is 2.46. The number of anilines is 2. The van der Waals surface area contributed by atoms with E-state index in [0.717, 1.165) is 18.0 Å². The molecule has 0 heterocycles. The number of para-hydroxylation sites is 2. The summed E-state index contributed by atoms with van der Waals surface area (Å²) in [5.41, 5.74) is 7.12. The van der Waals surface area contributed by atoms with Gasteiger partial charge < -0.3 is 11.1 Å². The van der Waals surface area contributed by atoms with Gasteiger partial charge in [-0.25, -0.2) is 0 Å². The molecular weight excluding hydrogens is 248 g/mol. The Kier molecular flexibility index (Phi) is 5.99. The summed E-state index contributed by atoms with van der Waals surface area (Å²) in [7, 11) is 0. The maximum absolute atomic E-state index is 11.8. The molecule has 18 heavy (non-hydrogen) atoms. The number of nitrogens with two attached hydrogens (primary N) is 1. The van der Waals surface area contributed by atoms with Gasteiger partial charge in [-0.1, -0.05) is 37.8 Å². The monoisotopic (exact) mass is 268 g/mol. The zero-order valence-corrected chi connectivity index (χ0v) is 11.3. The predicted octanol–water partition coefficient (Wildman–Crippen LogP) is 3.60. The summed E-state index contributed by atoms with van der Waals surface area (Å²) in [4.78, 5) is 11.8. The third-order valence-corrected chi connectivity index (χ3v) is 3.49. The summed E-state index contributed by atoms with van der Waals surface area (Å²) < 4.78 is 0. The lowest BCUT2D eigenvalue weighted by Gasteiger charge is -2.10. The van der Waals surface area contributed by atoms with Gasteiger partial charge in [0.05, 0.1) is 11.4 Å². The van der Waals surface area contributed by atoms with Crippen molar-refractivity contribution in [2.24, 2.45) is 5.92 Å². The van der Waals surface area contributed by atoms with E-state index in [1.807, 2.05) is 18.2 Å². The molecule has 1 aromatic carbocycles. The van der Waals surface area contributed by atoms with Crippen LogP contribution in [-0.2, 0) is 4.79 Å². The first-order valence-corrected chi connectivity index (χ1v) is 6.40. The molecule has 1 aliphatic carbocycles. The fraction of sp³-hybridized carbons (Fsp3) is 0.500. The first kappa shape index (κ1) is 14.8. The van der Waals surface area contributed by atoms with Crippen LogP contribution in [0.5, 0.6) is 0 Å². The van der Waals surface area contributed by atoms with Crippen LogP contribution < -0.4 is 11.1 Å². The zero-order valence-electron chi connectivity index (χ0n) is 10.5. The SMILES string of the molecule is Cl.Nc1ccccc1NC(=O)CCC1CCCC1. The Hall–Kier alpha value is -1.22. The number of rotatable bonds is 4. The van der Waals surface area contributed by atoms with E-state index in [0.29, 0.717) is 12.1 Å². The Balaban J connectivity index is 0.00000162. The maximum atomic E-state index is 11.8. The van der Waals surface area contributed by atoms with Crippen molar-refractivity contribution in [3.05, 3.63) is 24.3 Å². The summed E-state index contributed by atoms with van der Waals surface area (Å²) in [6.07, 6.45) is 6.87. The number of carbonyl (C=O) groups is 1. The number of amides is 1. The van der Waals surface area contributed by atoms with Crippen LogP contribution in [0.15, 0.2) is 24.3 Å². The Bertz CT molecular complexity index is 389. The number of nitrogen functional groups attached to an aromatic ring is 1. The van der Waals surface area contributed by atoms with Crippen molar-refractivity contribution in [2.75, 3.05) is 11.1 Å². The second-order valence-electron chi connectivity index (χ2n) is 4.82. The molecule has 1 fully saturated rings. The molecule has 0 saturated heterocycles. The molecular formula is C14H21ClN2O. The molecule has 3 N–H and O–H groups in total. The van der Waals surface area contributed by atoms with Crippen molar-refractivity contribution in [3.63, 3.8) is 0 Å². The van der Waals surface area contributed by atoms with E-state index in [1.165, 1.54) is 25.7 Å². The van der Waals surface area contributed by atoms with Gasteiger partial charge in [-0.2, -0.15) is 0 Å². The number of halogens is 1. The molecule has 0 radical (unpaired) electrons. The van der Waals surface area contributed by atoms with Gasteiger partial charge in [0.2, 0.25) is 5.91 Å². The number of nitrogens with one attached hydrogen (secondary N) is 1. The maximum Gasteiger partial charge on any atom is 0.224 e. The van der Waals surface area contributed by atoms with E-state index in [1.54, 1.807) is 6.07 Å². The highest BCUT2D eigenvalue weighted by molar-refractivity contribution is 5.93. The zero-order chi connectivity index (χ0) is 12.1. The highest BCUT2D eigenvalue weighted by Gasteiger charge is 2.16. The van der Waals surface area contributed by atoms with Crippen molar-refractivity contribution < 1.29 is 4.79 Å². The van der Waals surface area contributed by atoms with Crippen LogP contribution in [0.3, 0.4) is 0 Å². The van der Waals surface area contributed by atoms with Crippen LogP contribution in [0, 0.1) is 5.92 Å². The summed E-state index contributed by atoms with van der Waals surface area (Å²) in [6.45, 7) is 0. The van der Waals surface area contributed by atoms with Gasteiger partial charge in [-0.05, 0) is 24.5 Å². The third kappa shape index (κ3) is 4.22. The minimum Gasteiger partial charge on any atom is -0.397 e. The average Bonchev–Trinajstić information content (AvgIpc) is 2.82. The van der Waals surface area contributed by atoms with Crippen LogP contribution in [-0.4, -0.2) is 5.91 Å². The largest absolute Gasteiger partial charge is 0.397 e. The van der Waals surface area contributed by atoms with E-state index in [2.05, 4.69) is 5.32 Å². The molecule has 0 spiro atoms. The topological polar surface area (TPSA) is 55.1 Å². The molecule has 4 heteroatoms. The third-order valence-electron chi connectivity index (χ3n) is 3.49. The average molecular weight is 269 g/mol. The molecule has 0 atom stereocenters. The molecule has 1 saturated carbocycles. The van der Waals surface area contributed by atoms with Crippen molar-refractivity contribution in [1.29, 1.82) is 0 Å². The van der Waals surface area contributed by atoms with E-state index in [-0.39, 0.29) is 18.3 Å². The lowest BCUT2D eigenvalue weighted by molar-refractivity contribution is -0.116. The van der Waals surface area contributed by atoms with Gasteiger partial charge in [-0.3, -0.25) is 4.79 Å². The first-order valence-electron chi connectivity index (χ1n) is 6.40. The van der Waals surface area contributed by atoms with Crippen LogP contribution in [0.1, 0.15) is 38.5 Å². The molecule has 3 nitrogen and oxygen atoms in total. The Morgan fingerprint density at radius 1 is 1.28 bits per heavy atom. The molecule has 0 aromatic heterocycles. The summed E-state index contributed by atoms with van der Waals surface area (Å²) >= 11 is 0. The molecule has 0 aliphatic heterocycles. The summed E-state index contributed by atoms with van der Waals surface area (Å²) in [5.74, 6) is 0.837. The highest BCUT2D eigenvalue weighted by Crippen LogP contribution is 2.28. The van der Waals surface area contributed by atoms with Crippen LogP contribution >= 0.6 is 12.4 Å². The van der Waals surface area contributed by atoms with Gasteiger partial charge in [0, 0.05) is 6.42 Å². The Labute approximate surface area is 115 Å². The normalized spacial score (nSPS) is 15.1. The van der Waals surface area contributed by atoms with E-state index in [4.69, 9.17) is 5.73 Å². The van der Waals surface area contributed by atoms with Crippen LogP contribution in [0.4, 0.5) is 11.4 Å². The second-order valence-corrected chi connectivity index (χ2v) is 4.82. The van der Waals surface area contributed by atoms with E-state index >= 15 is 0 Å². The van der Waals surface area contributed by atoms with Gasteiger partial charge in [0.25, 0.3) is 0 Å². The Morgan fingerprint density at radius 2 is 1.94 bits per heavy atom. The summed E-state index contributed by atoms with van der Waals surface area (Å²) in [6, 6.07) is 7.38. The number of hydrogen-bond acceptors (Lipinski definition) is 2. The number of hydrogen-bond donors (Lipinski definition) is 2. The van der Waals surface area contributed by atoms with Crippen molar-refractivity contribution >= 4 is 29.7 Å². The second kappa shape index (κ2) is 7.27. The van der Waals surface area contributed by atoms with Gasteiger partial charge in [0.1, 0.15) is 0 Å². The number of benzene rings is 1. The standard InChI is InChI=1S/C14H20N2O.ClH/c15-12-7-3-4-8-13(12)16-14(17)10-9-11-5-1-2-6-11;/h3-4,7-8,11H,1-2,5-6,9-10,15H2,(H,16,17);1H. The van der Waals surface area contributed by atoms with Crippen LogP contribution in [0.25, 0.3) is 0 Å². The predicted molar refractivity (Wildman–Crippen MR) is 77.9 cm³/mol. The molecule has 1 amide bonds. The molecule has 0 unspecified atom stereocenters. The summed E-state index contributed by atoms with van der Waals surface area (Å²) in [5, 5.41) is 2.87. The minimum atomic E-state index is 0. The molecule has 1 aliphatic rings. The molecule has 0 bridgehead atoms. The van der Waals surface area contributed by atoms with Crippen molar-refractivity contribution in [2.45, 2.75) is 38.5 Å². The van der Waals surface area contributed by atoms with Gasteiger partial charge in [0.15, 0.2) is 0 Å². The lowest BCUT2D eigenvalue weighted by atomic mass is 10.0. The highest BCUT2D eigenvalue weighted by atomic mass is 35.5. The fourth-order valence-corrected chi connectivity index (χ4v) is 2.46. The first-order chi connectivity index (χ1) is 8.25. The molecule has 100 valence electrons. The van der Waals surface area contributed by atoms with Gasteiger partial charge >= 0.3 is 0 Å². The smallest absolute Gasteiger partial charge is 0.224 e. The van der Waals surface area contributed by atoms with E-state index in [9.17, 15) is 4.79 Å². The molecule has 2 rings (SSSR count). The van der Waals surface area contributed by atoms with Crippen LogP contribution in [0.2, 0.25) is 0 Å². The number of carbonyl (C=O) groups excluding carboxylic acids is 1. The molecule has 1 aromatic rings. The van der Waals surface area contributed by atoms with Crippen molar-refractivity contribution in [3.8, 4) is 0 Å². The lowest BCUT2D eigenvalue weighted by Crippen LogP contribution is -2.13. The Morgan fingerprint density at radius 3 is 2.61 bits per heavy atom.